The zero-order chi connectivity index (χ0) is 18.1. The van der Waals surface area contributed by atoms with Gasteiger partial charge in [0, 0.05) is 23.7 Å². The van der Waals surface area contributed by atoms with Crippen LogP contribution >= 0.6 is 11.6 Å². The highest BCUT2D eigenvalue weighted by Crippen LogP contribution is 2.26. The quantitative estimate of drug-likeness (QED) is 0.651. The van der Waals surface area contributed by atoms with Crippen molar-refractivity contribution in [3.63, 3.8) is 0 Å². The molecule has 0 saturated carbocycles. The van der Waals surface area contributed by atoms with E-state index in [1.54, 1.807) is 7.11 Å². The molecule has 0 amide bonds. The molecule has 2 heterocycles. The van der Waals surface area contributed by atoms with E-state index in [0.717, 1.165) is 47.3 Å². The predicted octanol–water partition coefficient (Wildman–Crippen LogP) is 4.73. The number of aromatic nitrogens is 2. The summed E-state index contributed by atoms with van der Waals surface area (Å²) >= 11 is 6.05. The molecule has 1 fully saturated rings. The van der Waals surface area contributed by atoms with Crippen LogP contribution in [0.3, 0.4) is 0 Å². The van der Waals surface area contributed by atoms with Crippen LogP contribution in [-0.4, -0.2) is 34.1 Å². The molecule has 0 radical (unpaired) electrons. The Morgan fingerprint density at radius 3 is 2.65 bits per heavy atom. The third-order valence-corrected chi connectivity index (χ3v) is 5.58. The molecular weight excluding hydrogens is 346 g/mol. The summed E-state index contributed by atoms with van der Waals surface area (Å²) in [6.45, 7) is 5.11. The second-order valence-corrected chi connectivity index (χ2v) is 7.49. The van der Waals surface area contributed by atoms with Gasteiger partial charge < -0.3 is 9.30 Å². The summed E-state index contributed by atoms with van der Waals surface area (Å²) in [5.74, 6) is 1.97. The number of rotatable bonds is 5. The van der Waals surface area contributed by atoms with Crippen molar-refractivity contribution in [3.8, 4) is 5.75 Å². The maximum absolute atomic E-state index is 6.05. The van der Waals surface area contributed by atoms with Gasteiger partial charge in [-0.2, -0.15) is 0 Å². The summed E-state index contributed by atoms with van der Waals surface area (Å²) in [6.07, 6.45) is 2.54. The molecule has 136 valence electrons. The van der Waals surface area contributed by atoms with Crippen molar-refractivity contribution < 1.29 is 4.74 Å². The summed E-state index contributed by atoms with van der Waals surface area (Å²) in [5, 5.41) is 0.761. The fourth-order valence-corrected chi connectivity index (χ4v) is 3.88. The fourth-order valence-electron chi connectivity index (χ4n) is 3.76. The predicted molar refractivity (Wildman–Crippen MR) is 106 cm³/mol. The number of ether oxygens (including phenoxy) is 1. The van der Waals surface area contributed by atoms with E-state index in [9.17, 15) is 0 Å². The minimum Gasteiger partial charge on any atom is -0.497 e. The van der Waals surface area contributed by atoms with Crippen LogP contribution in [0.5, 0.6) is 5.75 Å². The zero-order valence-corrected chi connectivity index (χ0v) is 16.0. The van der Waals surface area contributed by atoms with Crippen molar-refractivity contribution in [2.45, 2.75) is 38.9 Å². The van der Waals surface area contributed by atoms with Gasteiger partial charge in [0.25, 0.3) is 0 Å². The molecule has 5 heteroatoms. The SMILES string of the molecule is COc1ccc2nc(CN3CCCC3C)n(Cc3ccc(Cl)cc3)c2c1. The molecular formula is C21H24ClN3O. The van der Waals surface area contributed by atoms with E-state index in [1.807, 2.05) is 24.3 Å². The molecule has 0 aliphatic carbocycles. The van der Waals surface area contributed by atoms with E-state index < -0.39 is 0 Å². The minimum atomic E-state index is 0.619. The first-order chi connectivity index (χ1) is 12.6. The lowest BCUT2D eigenvalue weighted by atomic mass is 10.2. The molecule has 1 saturated heterocycles. The first-order valence-corrected chi connectivity index (χ1v) is 9.53. The van der Waals surface area contributed by atoms with Gasteiger partial charge in [-0.1, -0.05) is 23.7 Å². The second-order valence-electron chi connectivity index (χ2n) is 7.06. The first-order valence-electron chi connectivity index (χ1n) is 9.15. The largest absolute Gasteiger partial charge is 0.497 e. The zero-order valence-electron chi connectivity index (χ0n) is 15.3. The normalized spacial score (nSPS) is 17.9. The Bertz CT molecular complexity index is 904. The number of methoxy groups -OCH3 is 1. The number of halogens is 1. The van der Waals surface area contributed by atoms with E-state index >= 15 is 0 Å². The molecule has 2 aromatic carbocycles. The van der Waals surface area contributed by atoms with Crippen LogP contribution < -0.4 is 4.74 Å². The van der Waals surface area contributed by atoms with Gasteiger partial charge in [0.2, 0.25) is 0 Å². The molecule has 1 unspecified atom stereocenters. The van der Waals surface area contributed by atoms with Gasteiger partial charge in [-0.05, 0) is 56.1 Å². The van der Waals surface area contributed by atoms with E-state index in [4.69, 9.17) is 21.3 Å². The molecule has 3 aromatic rings. The highest BCUT2D eigenvalue weighted by atomic mass is 35.5. The van der Waals surface area contributed by atoms with E-state index in [1.165, 1.54) is 18.4 Å². The monoisotopic (exact) mass is 369 g/mol. The lowest BCUT2D eigenvalue weighted by Crippen LogP contribution is -2.28. The first kappa shape index (κ1) is 17.4. The number of likely N-dealkylation sites (tertiary alicyclic amines) is 1. The van der Waals surface area contributed by atoms with Gasteiger partial charge in [0.1, 0.15) is 11.6 Å². The number of fused-ring (bicyclic) bond motifs is 1. The standard InChI is InChI=1S/C21H24ClN3O/c1-15-4-3-11-24(15)14-21-23-19-10-9-18(26-2)12-20(19)25(21)13-16-5-7-17(22)8-6-16/h5-10,12,15H,3-4,11,13-14H2,1-2H3. The molecule has 0 bridgehead atoms. The van der Waals surface area contributed by atoms with Crippen LogP contribution in [-0.2, 0) is 13.1 Å². The van der Waals surface area contributed by atoms with E-state index in [0.29, 0.717) is 6.04 Å². The third kappa shape index (κ3) is 3.44. The summed E-state index contributed by atoms with van der Waals surface area (Å²) in [4.78, 5) is 7.46. The van der Waals surface area contributed by atoms with Gasteiger partial charge in [-0.3, -0.25) is 4.90 Å². The highest BCUT2D eigenvalue weighted by molar-refractivity contribution is 6.30. The average Bonchev–Trinajstić information content (AvgIpc) is 3.20. The Hall–Kier alpha value is -2.04. The molecule has 0 spiro atoms. The summed E-state index contributed by atoms with van der Waals surface area (Å²) in [6, 6.07) is 14.8. The molecule has 4 rings (SSSR count). The van der Waals surface area contributed by atoms with Crippen molar-refractivity contribution in [1.29, 1.82) is 0 Å². The topological polar surface area (TPSA) is 30.3 Å². The van der Waals surface area contributed by atoms with E-state index in [2.05, 4.69) is 34.6 Å². The number of hydrogen-bond acceptors (Lipinski definition) is 3. The Kier molecular flexibility index (Phi) is 4.88. The van der Waals surface area contributed by atoms with Crippen LogP contribution in [0.2, 0.25) is 5.02 Å². The molecule has 1 aliphatic rings. The summed E-state index contributed by atoms with van der Waals surface area (Å²) in [7, 11) is 1.70. The number of hydrogen-bond donors (Lipinski definition) is 0. The molecule has 26 heavy (non-hydrogen) atoms. The molecule has 0 N–H and O–H groups in total. The Morgan fingerprint density at radius 2 is 1.96 bits per heavy atom. The Morgan fingerprint density at radius 1 is 1.15 bits per heavy atom. The van der Waals surface area contributed by atoms with Gasteiger partial charge in [-0.25, -0.2) is 4.98 Å². The van der Waals surface area contributed by atoms with Crippen molar-refractivity contribution in [2.24, 2.45) is 0 Å². The molecule has 4 nitrogen and oxygen atoms in total. The average molecular weight is 370 g/mol. The molecule has 1 aromatic heterocycles. The Balaban J connectivity index is 1.74. The smallest absolute Gasteiger partial charge is 0.124 e. The lowest BCUT2D eigenvalue weighted by molar-refractivity contribution is 0.251. The van der Waals surface area contributed by atoms with Crippen molar-refractivity contribution in [1.82, 2.24) is 14.5 Å². The summed E-state index contributed by atoms with van der Waals surface area (Å²) < 4.78 is 7.75. The van der Waals surface area contributed by atoms with Crippen molar-refractivity contribution >= 4 is 22.6 Å². The van der Waals surface area contributed by atoms with Gasteiger partial charge in [0.05, 0.1) is 24.7 Å². The van der Waals surface area contributed by atoms with Gasteiger partial charge >= 0.3 is 0 Å². The molecule has 1 atom stereocenters. The third-order valence-electron chi connectivity index (χ3n) is 5.32. The van der Waals surface area contributed by atoms with Gasteiger partial charge in [0.15, 0.2) is 0 Å². The molecule has 1 aliphatic heterocycles. The van der Waals surface area contributed by atoms with Crippen LogP contribution in [0.15, 0.2) is 42.5 Å². The van der Waals surface area contributed by atoms with Crippen LogP contribution in [0.1, 0.15) is 31.2 Å². The van der Waals surface area contributed by atoms with Gasteiger partial charge in [-0.15, -0.1) is 0 Å². The highest BCUT2D eigenvalue weighted by Gasteiger charge is 2.23. The number of benzene rings is 2. The second kappa shape index (κ2) is 7.29. The lowest BCUT2D eigenvalue weighted by Gasteiger charge is -2.21. The van der Waals surface area contributed by atoms with Crippen LogP contribution in [0.4, 0.5) is 0 Å². The van der Waals surface area contributed by atoms with Crippen molar-refractivity contribution in [3.05, 3.63) is 58.9 Å². The Labute approximate surface area is 159 Å². The maximum atomic E-state index is 6.05. The maximum Gasteiger partial charge on any atom is 0.124 e. The van der Waals surface area contributed by atoms with Crippen molar-refractivity contribution in [2.75, 3.05) is 13.7 Å². The number of imidazole rings is 1. The number of nitrogens with zero attached hydrogens (tertiary/aromatic N) is 3. The minimum absolute atomic E-state index is 0.619. The summed E-state index contributed by atoms with van der Waals surface area (Å²) in [5.41, 5.74) is 3.34. The van der Waals surface area contributed by atoms with E-state index in [-0.39, 0.29) is 0 Å². The van der Waals surface area contributed by atoms with Crippen LogP contribution in [0, 0.1) is 0 Å². The fraction of sp³-hybridized carbons (Fsp3) is 0.381. The van der Waals surface area contributed by atoms with Crippen LogP contribution in [0.25, 0.3) is 11.0 Å².